The van der Waals surface area contributed by atoms with Crippen molar-refractivity contribution in [3.63, 3.8) is 0 Å². The molecule has 1 aromatic carbocycles. The van der Waals surface area contributed by atoms with Gasteiger partial charge in [-0.2, -0.15) is 0 Å². The fourth-order valence-electron chi connectivity index (χ4n) is 4.29. The minimum absolute atomic E-state index is 0.164. The van der Waals surface area contributed by atoms with E-state index in [0.29, 0.717) is 17.8 Å². The van der Waals surface area contributed by atoms with E-state index >= 15 is 0 Å². The van der Waals surface area contributed by atoms with Crippen molar-refractivity contribution in [2.45, 2.75) is 39.0 Å². The number of halogens is 1. The Kier molecular flexibility index (Phi) is 4.90. The van der Waals surface area contributed by atoms with Crippen molar-refractivity contribution in [1.82, 2.24) is 4.31 Å². The van der Waals surface area contributed by atoms with Gasteiger partial charge in [0, 0.05) is 18.8 Å². The van der Waals surface area contributed by atoms with E-state index in [9.17, 15) is 17.6 Å². The van der Waals surface area contributed by atoms with Crippen LogP contribution in [0, 0.1) is 24.1 Å². The van der Waals surface area contributed by atoms with Crippen LogP contribution in [0.2, 0.25) is 0 Å². The van der Waals surface area contributed by atoms with Crippen LogP contribution in [0.15, 0.2) is 18.2 Å². The Labute approximate surface area is 148 Å². The predicted molar refractivity (Wildman–Crippen MR) is 95.2 cm³/mol. The van der Waals surface area contributed by atoms with Crippen molar-refractivity contribution in [1.29, 1.82) is 0 Å². The largest absolute Gasteiger partial charge is 0.326 e. The summed E-state index contributed by atoms with van der Waals surface area (Å²) in [5.41, 5.74) is 0.957. The summed E-state index contributed by atoms with van der Waals surface area (Å²) in [5, 5.41) is 2.90. The molecule has 0 bridgehead atoms. The van der Waals surface area contributed by atoms with Gasteiger partial charge >= 0.3 is 0 Å². The van der Waals surface area contributed by atoms with Crippen LogP contribution in [0.1, 0.15) is 37.7 Å². The Hall–Kier alpha value is -1.47. The van der Waals surface area contributed by atoms with Crippen LogP contribution in [0.5, 0.6) is 0 Å². The molecule has 1 saturated heterocycles. The highest BCUT2D eigenvalue weighted by Gasteiger charge is 2.52. The maximum absolute atomic E-state index is 13.3. The van der Waals surface area contributed by atoms with Crippen LogP contribution < -0.4 is 5.32 Å². The lowest BCUT2D eigenvalue weighted by atomic mass is 9.67. The topological polar surface area (TPSA) is 66.5 Å². The Bertz CT molecular complexity index is 773. The van der Waals surface area contributed by atoms with E-state index in [1.165, 1.54) is 22.7 Å². The average Bonchev–Trinajstić information content (AvgIpc) is 2.90. The minimum atomic E-state index is -3.33. The van der Waals surface area contributed by atoms with Crippen molar-refractivity contribution in [3.05, 3.63) is 29.6 Å². The van der Waals surface area contributed by atoms with Gasteiger partial charge in [0.15, 0.2) is 0 Å². The lowest BCUT2D eigenvalue weighted by Gasteiger charge is -2.37. The summed E-state index contributed by atoms with van der Waals surface area (Å²) in [6, 6.07) is 4.25. The third kappa shape index (κ3) is 3.72. The number of carbonyl (C=O) groups excluding carboxylic acids is 1. The minimum Gasteiger partial charge on any atom is -0.326 e. The highest BCUT2D eigenvalue weighted by atomic mass is 32.2. The molecule has 2 aliphatic rings. The highest BCUT2D eigenvalue weighted by molar-refractivity contribution is 7.88. The SMILES string of the molecule is Cc1cc(F)ccc1NC(=O)C1CN(S(C)(=O)=O)CC12CCCCC2. The second-order valence-electron chi connectivity index (χ2n) is 7.48. The number of hydrogen-bond acceptors (Lipinski definition) is 3. The molecular weight excluding hydrogens is 343 g/mol. The van der Waals surface area contributed by atoms with Gasteiger partial charge in [-0.25, -0.2) is 17.1 Å². The molecule has 1 atom stereocenters. The first-order valence-corrected chi connectivity index (χ1v) is 10.6. The van der Waals surface area contributed by atoms with Crippen LogP contribution in [0.4, 0.5) is 10.1 Å². The molecule has 1 heterocycles. The van der Waals surface area contributed by atoms with E-state index in [0.717, 1.165) is 32.1 Å². The smallest absolute Gasteiger partial charge is 0.229 e. The van der Waals surface area contributed by atoms with E-state index in [1.807, 2.05) is 0 Å². The Morgan fingerprint density at radius 1 is 1.28 bits per heavy atom. The van der Waals surface area contributed by atoms with Gasteiger partial charge in [0.05, 0.1) is 12.2 Å². The molecule has 2 fully saturated rings. The van der Waals surface area contributed by atoms with Crippen LogP contribution in [0.3, 0.4) is 0 Å². The molecule has 5 nitrogen and oxygen atoms in total. The maximum atomic E-state index is 13.3. The number of carbonyl (C=O) groups is 1. The average molecular weight is 368 g/mol. The summed E-state index contributed by atoms with van der Waals surface area (Å²) < 4.78 is 38.8. The first-order valence-electron chi connectivity index (χ1n) is 8.73. The first kappa shape index (κ1) is 18.3. The van der Waals surface area contributed by atoms with Crippen LogP contribution in [-0.4, -0.2) is 38.0 Å². The molecule has 1 spiro atoms. The third-order valence-electron chi connectivity index (χ3n) is 5.70. The number of nitrogens with zero attached hydrogens (tertiary/aromatic N) is 1. The van der Waals surface area contributed by atoms with Crippen LogP contribution >= 0.6 is 0 Å². The second-order valence-corrected chi connectivity index (χ2v) is 9.46. The number of sulfonamides is 1. The van der Waals surface area contributed by atoms with Gasteiger partial charge in [-0.3, -0.25) is 4.79 Å². The van der Waals surface area contributed by atoms with Gasteiger partial charge in [-0.15, -0.1) is 0 Å². The summed E-state index contributed by atoms with van der Waals surface area (Å²) in [6.07, 6.45) is 6.13. The van der Waals surface area contributed by atoms with Crippen molar-refractivity contribution in [2.75, 3.05) is 24.7 Å². The zero-order valence-electron chi connectivity index (χ0n) is 14.7. The summed E-state index contributed by atoms with van der Waals surface area (Å²) in [4.78, 5) is 13.0. The molecule has 138 valence electrons. The van der Waals surface area contributed by atoms with Crippen LogP contribution in [0.25, 0.3) is 0 Å². The molecular formula is C18H25FN2O3S. The monoisotopic (exact) mass is 368 g/mol. The third-order valence-corrected chi connectivity index (χ3v) is 6.91. The normalized spacial score (nSPS) is 23.7. The molecule has 3 rings (SSSR count). The van der Waals surface area contributed by atoms with Crippen molar-refractivity contribution in [3.8, 4) is 0 Å². The van der Waals surface area contributed by atoms with Gasteiger partial charge in [0.1, 0.15) is 5.82 Å². The van der Waals surface area contributed by atoms with E-state index in [-0.39, 0.29) is 29.6 Å². The number of benzene rings is 1. The molecule has 1 unspecified atom stereocenters. The Balaban J connectivity index is 1.85. The first-order chi connectivity index (χ1) is 11.7. The molecule has 0 radical (unpaired) electrons. The molecule has 1 aliphatic heterocycles. The van der Waals surface area contributed by atoms with Crippen molar-refractivity contribution in [2.24, 2.45) is 11.3 Å². The number of amides is 1. The van der Waals surface area contributed by atoms with Crippen molar-refractivity contribution < 1.29 is 17.6 Å². The number of aryl methyl sites for hydroxylation is 1. The lowest BCUT2D eigenvalue weighted by Crippen LogP contribution is -2.39. The fourth-order valence-corrected chi connectivity index (χ4v) is 5.20. The molecule has 7 heteroatoms. The zero-order chi connectivity index (χ0) is 18.2. The maximum Gasteiger partial charge on any atom is 0.229 e. The molecule has 1 saturated carbocycles. The lowest BCUT2D eigenvalue weighted by molar-refractivity contribution is -0.123. The highest BCUT2D eigenvalue weighted by Crippen LogP contribution is 2.48. The Morgan fingerprint density at radius 3 is 2.56 bits per heavy atom. The molecule has 1 aromatic rings. The molecule has 1 amide bonds. The van der Waals surface area contributed by atoms with E-state index in [4.69, 9.17) is 0 Å². The predicted octanol–water partition coefficient (Wildman–Crippen LogP) is 2.91. The van der Waals surface area contributed by atoms with Gasteiger partial charge in [-0.05, 0) is 48.9 Å². The number of rotatable bonds is 3. The van der Waals surface area contributed by atoms with E-state index < -0.39 is 10.0 Å². The zero-order valence-corrected chi connectivity index (χ0v) is 15.5. The number of nitrogens with one attached hydrogen (secondary N) is 1. The van der Waals surface area contributed by atoms with Gasteiger partial charge < -0.3 is 5.32 Å². The quantitative estimate of drug-likeness (QED) is 0.892. The van der Waals surface area contributed by atoms with Gasteiger partial charge in [0.2, 0.25) is 15.9 Å². The van der Waals surface area contributed by atoms with E-state index in [2.05, 4.69) is 5.32 Å². The second kappa shape index (κ2) is 6.68. The van der Waals surface area contributed by atoms with Crippen LogP contribution in [-0.2, 0) is 14.8 Å². The summed E-state index contributed by atoms with van der Waals surface area (Å²) in [6.45, 7) is 2.39. The molecule has 1 aliphatic carbocycles. The number of hydrogen-bond donors (Lipinski definition) is 1. The summed E-state index contributed by atoms with van der Waals surface area (Å²) in [5.74, 6) is -0.877. The molecule has 1 N–H and O–H groups in total. The summed E-state index contributed by atoms with van der Waals surface area (Å²) in [7, 11) is -3.33. The van der Waals surface area contributed by atoms with Gasteiger partial charge in [0.25, 0.3) is 0 Å². The van der Waals surface area contributed by atoms with Gasteiger partial charge in [-0.1, -0.05) is 19.3 Å². The standard InChI is InChI=1S/C18H25FN2O3S/c1-13-10-14(19)6-7-16(13)20-17(22)15-11-21(25(2,23)24)12-18(15)8-4-3-5-9-18/h6-7,10,15H,3-5,8-9,11-12H2,1-2H3,(H,20,22). The summed E-state index contributed by atoms with van der Waals surface area (Å²) >= 11 is 0. The molecule has 0 aromatic heterocycles. The van der Waals surface area contributed by atoms with E-state index in [1.54, 1.807) is 13.0 Å². The molecule has 25 heavy (non-hydrogen) atoms. The fraction of sp³-hybridized carbons (Fsp3) is 0.611. The van der Waals surface area contributed by atoms with Crippen molar-refractivity contribution >= 4 is 21.6 Å². The Morgan fingerprint density at radius 2 is 1.96 bits per heavy atom. The number of anilines is 1.